The van der Waals surface area contributed by atoms with Crippen molar-refractivity contribution < 1.29 is 23.7 Å². The van der Waals surface area contributed by atoms with Crippen LogP contribution >= 0.6 is 24.8 Å². The van der Waals surface area contributed by atoms with Crippen molar-refractivity contribution in [2.75, 3.05) is 61.1 Å². The molecule has 2 saturated carbocycles. The Hall–Kier alpha value is -1.41. The smallest absolute Gasteiger partial charge is 0.338 e. The molecule has 2 bridgehead atoms. The number of piperazine rings is 1. The first-order chi connectivity index (χ1) is 15.7. The Morgan fingerprint density at radius 2 is 1.54 bits per heavy atom. The highest BCUT2D eigenvalue weighted by Gasteiger charge is 2.67. The van der Waals surface area contributed by atoms with Crippen LogP contribution in [-0.4, -0.2) is 83.0 Å². The molecule has 1 heterocycles. The third kappa shape index (κ3) is 5.07. The van der Waals surface area contributed by atoms with Crippen molar-refractivity contribution in [3.63, 3.8) is 0 Å². The van der Waals surface area contributed by atoms with Crippen molar-refractivity contribution in [1.82, 2.24) is 9.80 Å². The van der Waals surface area contributed by atoms with E-state index in [0.717, 1.165) is 39.1 Å². The second-order valence-corrected chi connectivity index (χ2v) is 10.8. The standard InChI is InChI=1S/C26H40N2O5.2ClH/c1-25(2)19-8-9-26(25,3)23(18(19)16-28-12-10-27(4)11-13-28)33-24(29)17-14-20(30-5)22(32-7)21(15-17)31-6;;/h14-15,18-19,23H,8-13,16H2,1-7H3;2*1H. The minimum atomic E-state index is -0.327. The average Bonchev–Trinajstić information content (AvgIpc) is 3.12. The molecule has 35 heavy (non-hydrogen) atoms. The van der Waals surface area contributed by atoms with Crippen LogP contribution in [0.4, 0.5) is 0 Å². The lowest BCUT2D eigenvalue weighted by Gasteiger charge is -2.41. The Bertz CT molecular complexity index is 865. The van der Waals surface area contributed by atoms with Crippen LogP contribution in [0.5, 0.6) is 17.2 Å². The molecule has 0 N–H and O–H groups in total. The number of benzene rings is 1. The summed E-state index contributed by atoms with van der Waals surface area (Å²) >= 11 is 0. The summed E-state index contributed by atoms with van der Waals surface area (Å²) in [4.78, 5) is 18.4. The predicted molar refractivity (Wildman–Crippen MR) is 142 cm³/mol. The zero-order valence-corrected chi connectivity index (χ0v) is 23.7. The van der Waals surface area contributed by atoms with Gasteiger partial charge in [0, 0.05) is 44.1 Å². The fourth-order valence-electron chi connectivity index (χ4n) is 6.65. The number of halogens is 2. The summed E-state index contributed by atoms with van der Waals surface area (Å²) in [6.07, 6.45) is 2.19. The van der Waals surface area contributed by atoms with E-state index in [2.05, 4.69) is 37.6 Å². The molecular formula is C26H42Cl2N2O5. The van der Waals surface area contributed by atoms with Gasteiger partial charge in [-0.3, -0.25) is 0 Å². The molecule has 0 aromatic heterocycles. The summed E-state index contributed by atoms with van der Waals surface area (Å²) in [5.41, 5.74) is 0.516. The SMILES string of the molecule is COc1cc(C(=O)OC2C(CN3CCN(C)CC3)C3CCC2(C)C3(C)C)cc(OC)c1OC.Cl.Cl. The van der Waals surface area contributed by atoms with Gasteiger partial charge in [0.2, 0.25) is 5.75 Å². The van der Waals surface area contributed by atoms with Crippen molar-refractivity contribution in [3.05, 3.63) is 17.7 Å². The fourth-order valence-corrected chi connectivity index (χ4v) is 6.65. The van der Waals surface area contributed by atoms with E-state index in [0.29, 0.717) is 34.6 Å². The first-order valence-electron chi connectivity index (χ1n) is 12.1. The Labute approximate surface area is 222 Å². The zero-order chi connectivity index (χ0) is 24.0. The fraction of sp³-hybridized carbons (Fsp3) is 0.731. The van der Waals surface area contributed by atoms with Crippen LogP contribution in [0.3, 0.4) is 0 Å². The number of ether oxygens (including phenoxy) is 4. The summed E-state index contributed by atoms with van der Waals surface area (Å²) in [7, 11) is 6.84. The highest BCUT2D eigenvalue weighted by Crippen LogP contribution is 2.68. The van der Waals surface area contributed by atoms with Crippen LogP contribution < -0.4 is 14.2 Å². The monoisotopic (exact) mass is 532 g/mol. The number of rotatable bonds is 7. The minimum Gasteiger partial charge on any atom is -0.493 e. The molecule has 9 heteroatoms. The molecule has 200 valence electrons. The average molecular weight is 534 g/mol. The number of nitrogens with zero attached hydrogens (tertiary/aromatic N) is 2. The molecule has 2 aliphatic carbocycles. The Balaban J connectivity index is 0.00000216. The van der Waals surface area contributed by atoms with Gasteiger partial charge < -0.3 is 28.7 Å². The number of carbonyl (C=O) groups excluding carboxylic acids is 1. The highest BCUT2D eigenvalue weighted by molar-refractivity contribution is 5.91. The number of fused-ring (bicyclic) bond motifs is 2. The molecule has 4 atom stereocenters. The van der Waals surface area contributed by atoms with Crippen molar-refractivity contribution >= 4 is 30.8 Å². The van der Waals surface area contributed by atoms with Gasteiger partial charge in [0.25, 0.3) is 0 Å². The summed E-state index contributed by atoms with van der Waals surface area (Å²) in [6, 6.07) is 3.36. The van der Waals surface area contributed by atoms with Gasteiger partial charge in [0.1, 0.15) is 6.10 Å². The van der Waals surface area contributed by atoms with E-state index >= 15 is 0 Å². The zero-order valence-electron chi connectivity index (χ0n) is 22.1. The molecule has 3 aliphatic rings. The van der Waals surface area contributed by atoms with Gasteiger partial charge in [-0.1, -0.05) is 20.8 Å². The maximum absolute atomic E-state index is 13.5. The lowest BCUT2D eigenvalue weighted by atomic mass is 9.70. The molecule has 1 aromatic carbocycles. The van der Waals surface area contributed by atoms with Crippen molar-refractivity contribution in [2.45, 2.75) is 39.7 Å². The summed E-state index contributed by atoms with van der Waals surface area (Å²) in [6.45, 7) is 12.4. The predicted octanol–water partition coefficient (Wildman–Crippen LogP) is 4.40. The van der Waals surface area contributed by atoms with Crippen LogP contribution in [0.1, 0.15) is 44.0 Å². The second kappa shape index (κ2) is 11.3. The van der Waals surface area contributed by atoms with Crippen LogP contribution in [0.2, 0.25) is 0 Å². The quantitative estimate of drug-likeness (QED) is 0.482. The third-order valence-corrected chi connectivity index (χ3v) is 9.11. The van der Waals surface area contributed by atoms with Crippen molar-refractivity contribution in [1.29, 1.82) is 0 Å². The van der Waals surface area contributed by atoms with E-state index in [1.807, 2.05) is 0 Å². The largest absolute Gasteiger partial charge is 0.493 e. The number of likely N-dealkylation sites (N-methyl/N-ethyl adjacent to an activating group) is 1. The summed E-state index contributed by atoms with van der Waals surface area (Å²) < 4.78 is 22.7. The van der Waals surface area contributed by atoms with E-state index in [9.17, 15) is 4.79 Å². The van der Waals surface area contributed by atoms with E-state index in [4.69, 9.17) is 18.9 Å². The molecule has 0 spiro atoms. The molecular weight excluding hydrogens is 491 g/mol. The molecule has 1 saturated heterocycles. The van der Waals surface area contributed by atoms with E-state index in [1.165, 1.54) is 6.42 Å². The second-order valence-electron chi connectivity index (χ2n) is 10.8. The summed E-state index contributed by atoms with van der Waals surface area (Å²) in [5, 5.41) is 0. The van der Waals surface area contributed by atoms with Crippen LogP contribution in [-0.2, 0) is 4.74 Å². The van der Waals surface area contributed by atoms with E-state index in [1.54, 1.807) is 33.5 Å². The molecule has 7 nitrogen and oxygen atoms in total. The van der Waals surface area contributed by atoms with Gasteiger partial charge in [0.15, 0.2) is 11.5 Å². The summed E-state index contributed by atoms with van der Waals surface area (Å²) in [5.74, 6) is 1.95. The van der Waals surface area contributed by atoms with Gasteiger partial charge in [-0.2, -0.15) is 0 Å². The number of methoxy groups -OCH3 is 3. The Kier molecular flexibility index (Phi) is 9.65. The molecule has 3 fully saturated rings. The first-order valence-corrected chi connectivity index (χ1v) is 12.1. The van der Waals surface area contributed by atoms with Gasteiger partial charge in [-0.05, 0) is 43.4 Å². The number of carbonyl (C=O) groups is 1. The highest BCUT2D eigenvalue weighted by atomic mass is 35.5. The maximum atomic E-state index is 13.5. The van der Waals surface area contributed by atoms with Crippen molar-refractivity contribution in [2.24, 2.45) is 22.7 Å². The number of hydrogen-bond donors (Lipinski definition) is 0. The van der Waals surface area contributed by atoms with Gasteiger partial charge in [0.05, 0.1) is 26.9 Å². The van der Waals surface area contributed by atoms with Crippen molar-refractivity contribution in [3.8, 4) is 17.2 Å². The molecule has 1 aromatic rings. The van der Waals surface area contributed by atoms with Crippen LogP contribution in [0.25, 0.3) is 0 Å². The lowest BCUT2D eigenvalue weighted by molar-refractivity contribution is -0.0476. The van der Waals surface area contributed by atoms with Gasteiger partial charge >= 0.3 is 5.97 Å². The molecule has 0 radical (unpaired) electrons. The minimum absolute atomic E-state index is 0. The van der Waals surface area contributed by atoms with Gasteiger partial charge in [-0.25, -0.2) is 4.79 Å². The Morgan fingerprint density at radius 3 is 2.06 bits per heavy atom. The normalized spacial score (nSPS) is 29.6. The van der Waals surface area contributed by atoms with Gasteiger partial charge in [-0.15, -0.1) is 24.8 Å². The molecule has 1 aliphatic heterocycles. The number of hydrogen-bond acceptors (Lipinski definition) is 7. The molecule has 4 rings (SSSR count). The Morgan fingerprint density at radius 1 is 0.971 bits per heavy atom. The maximum Gasteiger partial charge on any atom is 0.338 e. The number of esters is 1. The topological polar surface area (TPSA) is 60.5 Å². The first kappa shape index (κ1) is 29.8. The molecule has 4 unspecified atom stereocenters. The van der Waals surface area contributed by atoms with E-state index < -0.39 is 0 Å². The van der Waals surface area contributed by atoms with Crippen LogP contribution in [0.15, 0.2) is 12.1 Å². The third-order valence-electron chi connectivity index (χ3n) is 9.11. The van der Waals surface area contributed by atoms with E-state index in [-0.39, 0.29) is 47.7 Å². The lowest BCUT2D eigenvalue weighted by Crippen LogP contribution is -2.49. The molecule has 0 amide bonds. The van der Waals surface area contributed by atoms with Crippen LogP contribution in [0, 0.1) is 22.7 Å².